The molecule has 1 unspecified atom stereocenters. The van der Waals surface area contributed by atoms with Crippen molar-refractivity contribution in [1.82, 2.24) is 0 Å². The van der Waals surface area contributed by atoms with Crippen molar-refractivity contribution in [3.8, 4) is 17.2 Å². The monoisotopic (exact) mass is 315 g/mol. The fraction of sp³-hybridized carbons (Fsp3) is 0.136. The minimum Gasteiger partial charge on any atom is -0.206 e. The maximum atomic E-state index is 14.1. The summed E-state index contributed by atoms with van der Waals surface area (Å²) in [5, 5.41) is 8.83. The van der Waals surface area contributed by atoms with E-state index in [1.807, 2.05) is 30.3 Å². The van der Waals surface area contributed by atoms with E-state index in [2.05, 4.69) is 38.1 Å². The van der Waals surface area contributed by atoms with Crippen molar-refractivity contribution in [2.45, 2.75) is 19.8 Å². The van der Waals surface area contributed by atoms with E-state index >= 15 is 0 Å². The van der Waals surface area contributed by atoms with Crippen LogP contribution >= 0.6 is 0 Å². The molecule has 0 bridgehead atoms. The number of halogens is 1. The summed E-state index contributed by atoms with van der Waals surface area (Å²) in [4.78, 5) is 0. The second-order valence-corrected chi connectivity index (χ2v) is 6.06. The third-order valence-electron chi connectivity index (χ3n) is 4.40. The molecule has 0 radical (unpaired) electrons. The van der Waals surface area contributed by atoms with Crippen LogP contribution in [0.4, 0.5) is 4.39 Å². The third kappa shape index (κ3) is 3.21. The van der Waals surface area contributed by atoms with Gasteiger partial charge in [0.05, 0.1) is 11.6 Å². The van der Waals surface area contributed by atoms with E-state index in [0.717, 1.165) is 5.56 Å². The van der Waals surface area contributed by atoms with Gasteiger partial charge in [-0.1, -0.05) is 67.1 Å². The summed E-state index contributed by atoms with van der Waals surface area (Å²) in [6, 6.07) is 23.0. The summed E-state index contributed by atoms with van der Waals surface area (Å²) < 4.78 is 14.1. The van der Waals surface area contributed by atoms with Crippen molar-refractivity contribution < 1.29 is 4.39 Å². The Morgan fingerprint density at radius 3 is 2.00 bits per heavy atom. The van der Waals surface area contributed by atoms with Gasteiger partial charge in [0.15, 0.2) is 0 Å². The molecule has 118 valence electrons. The highest BCUT2D eigenvalue weighted by atomic mass is 19.1. The first-order chi connectivity index (χ1) is 11.6. The van der Waals surface area contributed by atoms with Gasteiger partial charge in [0.25, 0.3) is 0 Å². The molecule has 3 rings (SSSR count). The molecule has 0 spiro atoms. The maximum Gasteiger partial charge on any atom is 0.132 e. The van der Waals surface area contributed by atoms with Gasteiger partial charge in [-0.3, -0.25) is 0 Å². The Balaban J connectivity index is 1.88. The van der Waals surface area contributed by atoms with Crippen LogP contribution in [-0.2, 0) is 0 Å². The van der Waals surface area contributed by atoms with Gasteiger partial charge in [-0.2, -0.15) is 5.26 Å². The number of aryl methyl sites for hydroxylation is 1. The fourth-order valence-corrected chi connectivity index (χ4v) is 2.82. The van der Waals surface area contributed by atoms with Gasteiger partial charge in [-0.15, -0.1) is 0 Å². The molecule has 3 aromatic rings. The number of hydrogen-bond acceptors (Lipinski definition) is 1. The number of hydrogen-bond donors (Lipinski definition) is 0. The molecule has 24 heavy (non-hydrogen) atoms. The van der Waals surface area contributed by atoms with Gasteiger partial charge in [-0.05, 0) is 35.7 Å². The SMILES string of the molecule is Cc1ccc(C(C)c2ccc(-c3ccc(C#N)cc3F)cc2)cc1. The predicted molar refractivity (Wildman–Crippen MR) is 95.2 cm³/mol. The molecule has 3 aromatic carbocycles. The lowest BCUT2D eigenvalue weighted by Crippen LogP contribution is -1.96. The Hall–Kier alpha value is -2.92. The first kappa shape index (κ1) is 16.0. The van der Waals surface area contributed by atoms with Crippen LogP contribution in [0.15, 0.2) is 66.7 Å². The number of nitrogens with zero attached hydrogens (tertiary/aromatic N) is 1. The standard InChI is InChI=1S/C22H18FN/c1-15-3-6-18(7-4-15)16(2)19-8-10-20(11-9-19)21-12-5-17(14-24)13-22(21)23/h3-13,16H,1-2H3. The van der Waals surface area contributed by atoms with Crippen LogP contribution in [0.5, 0.6) is 0 Å². The third-order valence-corrected chi connectivity index (χ3v) is 4.40. The first-order valence-corrected chi connectivity index (χ1v) is 7.95. The summed E-state index contributed by atoms with van der Waals surface area (Å²) in [6.45, 7) is 4.25. The molecule has 0 saturated carbocycles. The van der Waals surface area contributed by atoms with Gasteiger partial charge in [-0.25, -0.2) is 4.39 Å². The molecule has 0 heterocycles. The van der Waals surface area contributed by atoms with Crippen molar-refractivity contribution in [3.63, 3.8) is 0 Å². The molecule has 0 aliphatic rings. The van der Waals surface area contributed by atoms with Crippen LogP contribution in [0.1, 0.15) is 35.1 Å². The van der Waals surface area contributed by atoms with E-state index in [9.17, 15) is 4.39 Å². The topological polar surface area (TPSA) is 23.8 Å². The largest absolute Gasteiger partial charge is 0.206 e. The Labute approximate surface area is 142 Å². The molecule has 0 saturated heterocycles. The van der Waals surface area contributed by atoms with Crippen molar-refractivity contribution >= 4 is 0 Å². The molecule has 2 heteroatoms. The molecule has 0 fully saturated rings. The van der Waals surface area contributed by atoms with E-state index in [1.165, 1.54) is 22.8 Å². The lowest BCUT2D eigenvalue weighted by molar-refractivity contribution is 0.631. The van der Waals surface area contributed by atoms with Crippen molar-refractivity contribution in [3.05, 3.63) is 94.8 Å². The maximum absolute atomic E-state index is 14.1. The molecule has 0 aliphatic heterocycles. The molecule has 0 aromatic heterocycles. The summed E-state index contributed by atoms with van der Waals surface area (Å²) in [5.41, 5.74) is 5.37. The minimum atomic E-state index is -0.367. The van der Waals surface area contributed by atoms with Gasteiger partial charge in [0.2, 0.25) is 0 Å². The summed E-state index contributed by atoms with van der Waals surface area (Å²) in [5.74, 6) is -0.0844. The van der Waals surface area contributed by atoms with E-state index in [0.29, 0.717) is 11.1 Å². The van der Waals surface area contributed by atoms with Gasteiger partial charge >= 0.3 is 0 Å². The molecule has 0 amide bonds. The Bertz CT molecular complexity index is 887. The molecule has 1 atom stereocenters. The zero-order valence-corrected chi connectivity index (χ0v) is 13.8. The number of benzene rings is 3. The van der Waals surface area contributed by atoms with E-state index in [1.54, 1.807) is 12.1 Å². The zero-order chi connectivity index (χ0) is 17.1. The highest BCUT2D eigenvalue weighted by molar-refractivity contribution is 5.65. The summed E-state index contributed by atoms with van der Waals surface area (Å²) in [7, 11) is 0. The van der Waals surface area contributed by atoms with Crippen LogP contribution in [0, 0.1) is 24.1 Å². The lowest BCUT2D eigenvalue weighted by atomic mass is 9.91. The zero-order valence-electron chi connectivity index (χ0n) is 13.8. The van der Waals surface area contributed by atoms with Gasteiger partial charge in [0, 0.05) is 11.5 Å². The Morgan fingerprint density at radius 1 is 0.875 bits per heavy atom. The highest BCUT2D eigenvalue weighted by Crippen LogP contribution is 2.28. The van der Waals surface area contributed by atoms with E-state index in [4.69, 9.17) is 5.26 Å². The number of rotatable bonds is 3. The van der Waals surface area contributed by atoms with Crippen LogP contribution in [0.2, 0.25) is 0 Å². The second-order valence-electron chi connectivity index (χ2n) is 6.06. The first-order valence-electron chi connectivity index (χ1n) is 7.95. The van der Waals surface area contributed by atoms with Crippen molar-refractivity contribution in [2.75, 3.05) is 0 Å². The smallest absolute Gasteiger partial charge is 0.132 e. The van der Waals surface area contributed by atoms with Crippen LogP contribution in [-0.4, -0.2) is 0 Å². The summed E-state index contributed by atoms with van der Waals surface area (Å²) >= 11 is 0. The van der Waals surface area contributed by atoms with Crippen LogP contribution in [0.3, 0.4) is 0 Å². The van der Waals surface area contributed by atoms with Gasteiger partial charge < -0.3 is 0 Å². The Morgan fingerprint density at radius 2 is 1.46 bits per heavy atom. The highest BCUT2D eigenvalue weighted by Gasteiger charge is 2.10. The van der Waals surface area contributed by atoms with E-state index < -0.39 is 0 Å². The van der Waals surface area contributed by atoms with Gasteiger partial charge in [0.1, 0.15) is 5.82 Å². The normalized spacial score (nSPS) is 11.8. The Kier molecular flexibility index (Phi) is 4.44. The minimum absolute atomic E-state index is 0.283. The second kappa shape index (κ2) is 6.68. The lowest BCUT2D eigenvalue weighted by Gasteiger charge is -2.14. The average molecular weight is 315 g/mol. The van der Waals surface area contributed by atoms with Crippen molar-refractivity contribution in [2.24, 2.45) is 0 Å². The fourth-order valence-electron chi connectivity index (χ4n) is 2.82. The molecular formula is C22H18FN. The van der Waals surface area contributed by atoms with Crippen LogP contribution < -0.4 is 0 Å². The van der Waals surface area contributed by atoms with Crippen LogP contribution in [0.25, 0.3) is 11.1 Å². The van der Waals surface area contributed by atoms with E-state index in [-0.39, 0.29) is 11.7 Å². The molecule has 0 N–H and O–H groups in total. The quantitative estimate of drug-likeness (QED) is 0.597. The molecule has 1 nitrogen and oxygen atoms in total. The molecule has 0 aliphatic carbocycles. The average Bonchev–Trinajstić information content (AvgIpc) is 2.62. The molecular weight excluding hydrogens is 297 g/mol. The van der Waals surface area contributed by atoms with Crippen molar-refractivity contribution in [1.29, 1.82) is 5.26 Å². The summed E-state index contributed by atoms with van der Waals surface area (Å²) in [6.07, 6.45) is 0. The predicted octanol–water partition coefficient (Wildman–Crippen LogP) is 5.82. The number of nitriles is 1.